The van der Waals surface area contributed by atoms with E-state index in [0.717, 1.165) is 24.2 Å². The summed E-state index contributed by atoms with van der Waals surface area (Å²) in [5.41, 5.74) is 0.947. The number of benzene rings is 1. The van der Waals surface area contributed by atoms with Crippen molar-refractivity contribution in [3.05, 3.63) is 42.5 Å². The van der Waals surface area contributed by atoms with Crippen molar-refractivity contribution in [2.24, 2.45) is 5.92 Å². The maximum atomic E-state index is 12.5. The number of hydrogen-bond acceptors (Lipinski definition) is 6. The van der Waals surface area contributed by atoms with Gasteiger partial charge in [-0.25, -0.2) is 0 Å². The number of hydrogen-bond donors (Lipinski definition) is 2. The Morgan fingerprint density at radius 3 is 2.83 bits per heavy atom. The second-order valence-electron chi connectivity index (χ2n) is 8.04. The van der Waals surface area contributed by atoms with Gasteiger partial charge in [-0.1, -0.05) is 36.9 Å². The fourth-order valence-corrected chi connectivity index (χ4v) is 5.09. The summed E-state index contributed by atoms with van der Waals surface area (Å²) < 4.78 is 11.3. The van der Waals surface area contributed by atoms with E-state index < -0.39 is 17.9 Å². The van der Waals surface area contributed by atoms with Crippen LogP contribution in [0.15, 0.2) is 36.9 Å². The van der Waals surface area contributed by atoms with E-state index in [1.54, 1.807) is 12.0 Å². The summed E-state index contributed by atoms with van der Waals surface area (Å²) in [7, 11) is 1.61. The van der Waals surface area contributed by atoms with Gasteiger partial charge >= 0.3 is 0 Å². The first-order valence-electron chi connectivity index (χ1n) is 10.1. The van der Waals surface area contributed by atoms with E-state index in [-0.39, 0.29) is 17.8 Å². The molecule has 0 aromatic heterocycles. The van der Waals surface area contributed by atoms with E-state index >= 15 is 0 Å². The molecule has 2 aliphatic heterocycles. The van der Waals surface area contributed by atoms with Crippen LogP contribution < -0.4 is 4.74 Å². The first-order chi connectivity index (χ1) is 13.8. The third-order valence-corrected chi connectivity index (χ3v) is 6.75. The number of aliphatic hydroxyl groups excluding tert-OH is 1. The van der Waals surface area contributed by atoms with Crippen molar-refractivity contribution >= 4 is 17.0 Å². The van der Waals surface area contributed by atoms with Gasteiger partial charge in [0.1, 0.15) is 5.75 Å². The minimum atomic E-state index is -1.55. The van der Waals surface area contributed by atoms with Crippen LogP contribution >= 0.6 is 11.8 Å². The molecule has 0 unspecified atom stereocenters. The summed E-state index contributed by atoms with van der Waals surface area (Å²) in [6.07, 6.45) is 3.23. The van der Waals surface area contributed by atoms with Gasteiger partial charge in [-0.2, -0.15) is 0 Å². The van der Waals surface area contributed by atoms with Crippen molar-refractivity contribution in [1.82, 2.24) is 4.90 Å². The third-order valence-electron chi connectivity index (χ3n) is 5.79. The minimum absolute atomic E-state index is 0.0836. The lowest BCUT2D eigenvalue weighted by Gasteiger charge is -2.45. The van der Waals surface area contributed by atoms with Crippen LogP contribution in [0.4, 0.5) is 4.79 Å². The van der Waals surface area contributed by atoms with E-state index in [2.05, 4.69) is 13.5 Å². The van der Waals surface area contributed by atoms with Crippen molar-refractivity contribution in [1.29, 1.82) is 0 Å². The maximum absolute atomic E-state index is 12.5. The summed E-state index contributed by atoms with van der Waals surface area (Å²) >= 11 is 1.18. The highest BCUT2D eigenvalue weighted by atomic mass is 32.2. The number of aliphatic hydroxyl groups is 2. The number of allylic oxidation sites excluding steroid dienone is 1. The van der Waals surface area contributed by atoms with Gasteiger partial charge in [-0.3, -0.25) is 4.79 Å². The van der Waals surface area contributed by atoms with Gasteiger partial charge in [0.15, 0.2) is 5.79 Å². The van der Waals surface area contributed by atoms with Crippen LogP contribution in [0.3, 0.4) is 0 Å². The average molecular weight is 422 g/mol. The number of amides is 1. The molecule has 0 spiro atoms. The van der Waals surface area contributed by atoms with Crippen molar-refractivity contribution in [3.63, 3.8) is 0 Å². The molecule has 6 nitrogen and oxygen atoms in total. The van der Waals surface area contributed by atoms with E-state index in [1.807, 2.05) is 30.3 Å². The van der Waals surface area contributed by atoms with Gasteiger partial charge in [0.2, 0.25) is 0 Å². The fourth-order valence-electron chi connectivity index (χ4n) is 3.99. The lowest BCUT2D eigenvalue weighted by Crippen LogP contribution is -2.59. The molecule has 3 rings (SSSR count). The second kappa shape index (κ2) is 9.51. The molecule has 0 bridgehead atoms. The molecule has 0 radical (unpaired) electrons. The molecule has 1 amide bonds. The smallest absolute Gasteiger partial charge is 0.282 e. The Morgan fingerprint density at radius 2 is 2.17 bits per heavy atom. The number of rotatable bonds is 8. The molecule has 160 valence electrons. The second-order valence-corrected chi connectivity index (χ2v) is 9.01. The Bertz CT molecular complexity index is 712. The summed E-state index contributed by atoms with van der Waals surface area (Å²) in [5.74, 6) is -0.0124. The summed E-state index contributed by atoms with van der Waals surface area (Å²) in [5, 5.41) is 21.7. The monoisotopic (exact) mass is 421 g/mol. The molecule has 0 saturated carbocycles. The SMILES string of the molecule is C=C[C@@H](C)CC[C@@H]1C[C@H](O)C[C@](O)([C@@H]2CSC(=O)N2Cc2ccc(OC)cc2)O1. The zero-order valence-electron chi connectivity index (χ0n) is 17.1. The van der Waals surface area contributed by atoms with E-state index in [0.29, 0.717) is 24.6 Å². The molecule has 2 aliphatic rings. The lowest BCUT2D eigenvalue weighted by molar-refractivity contribution is -0.292. The normalized spacial score (nSPS) is 31.0. The highest BCUT2D eigenvalue weighted by Gasteiger charge is 2.51. The number of thioether (sulfide) groups is 1. The van der Waals surface area contributed by atoms with Gasteiger partial charge in [0.05, 0.1) is 25.4 Å². The van der Waals surface area contributed by atoms with E-state index in [4.69, 9.17) is 9.47 Å². The van der Waals surface area contributed by atoms with Crippen LogP contribution in [0, 0.1) is 5.92 Å². The average Bonchev–Trinajstić information content (AvgIpc) is 3.07. The molecule has 2 heterocycles. The standard InChI is InChI=1S/C22H31NO5S/c1-4-15(2)5-8-19-11-17(24)12-22(26,28-19)20-14-29-21(25)23(20)13-16-6-9-18(27-3)10-7-16/h4,6-7,9-10,15,17,19-20,24,26H,1,5,8,11-14H2,2-3H3/t15-,17+,19-,20+,22-/m1/s1. The van der Waals surface area contributed by atoms with Gasteiger partial charge in [-0.15, -0.1) is 6.58 Å². The van der Waals surface area contributed by atoms with Crippen LogP contribution in [0.2, 0.25) is 0 Å². The Balaban J connectivity index is 1.72. The molecule has 2 saturated heterocycles. The predicted octanol–water partition coefficient (Wildman–Crippen LogP) is 3.56. The van der Waals surface area contributed by atoms with Gasteiger partial charge in [0.25, 0.3) is 5.24 Å². The van der Waals surface area contributed by atoms with Gasteiger partial charge in [0, 0.05) is 18.7 Å². The number of carbonyl (C=O) groups is 1. The van der Waals surface area contributed by atoms with Crippen molar-refractivity contribution < 1.29 is 24.5 Å². The molecule has 2 N–H and O–H groups in total. The van der Waals surface area contributed by atoms with Crippen LogP contribution in [-0.2, 0) is 11.3 Å². The Kier molecular flexibility index (Phi) is 7.27. The molecular weight excluding hydrogens is 390 g/mol. The number of nitrogens with zero attached hydrogens (tertiary/aromatic N) is 1. The number of carbonyl (C=O) groups excluding carboxylic acids is 1. The van der Waals surface area contributed by atoms with E-state index in [9.17, 15) is 15.0 Å². The first kappa shape index (κ1) is 22.2. The molecule has 7 heteroatoms. The predicted molar refractivity (Wildman–Crippen MR) is 114 cm³/mol. The van der Waals surface area contributed by atoms with Crippen molar-refractivity contribution in [2.75, 3.05) is 12.9 Å². The number of methoxy groups -OCH3 is 1. The van der Waals surface area contributed by atoms with Crippen molar-refractivity contribution in [3.8, 4) is 5.75 Å². The van der Waals surface area contributed by atoms with Gasteiger partial charge in [-0.05, 0) is 42.9 Å². The first-order valence-corrected chi connectivity index (χ1v) is 11.1. The minimum Gasteiger partial charge on any atom is -0.497 e. The molecule has 1 aromatic rings. The Labute approximate surface area is 176 Å². The third kappa shape index (κ3) is 5.34. The van der Waals surface area contributed by atoms with Crippen LogP contribution in [0.25, 0.3) is 0 Å². The Hall–Kier alpha value is -1.54. The lowest BCUT2D eigenvalue weighted by atomic mass is 9.90. The number of ether oxygens (including phenoxy) is 2. The Morgan fingerprint density at radius 1 is 1.45 bits per heavy atom. The molecule has 2 fully saturated rings. The van der Waals surface area contributed by atoms with Crippen LogP contribution in [-0.4, -0.2) is 57.3 Å². The largest absolute Gasteiger partial charge is 0.497 e. The molecule has 1 aromatic carbocycles. The molecule has 5 atom stereocenters. The molecular formula is C22H31NO5S. The highest BCUT2D eigenvalue weighted by molar-refractivity contribution is 8.13. The van der Waals surface area contributed by atoms with E-state index in [1.165, 1.54) is 11.8 Å². The fraction of sp³-hybridized carbons (Fsp3) is 0.591. The summed E-state index contributed by atoms with van der Waals surface area (Å²) in [4.78, 5) is 14.2. The van der Waals surface area contributed by atoms with Gasteiger partial charge < -0.3 is 24.6 Å². The van der Waals surface area contributed by atoms with Crippen LogP contribution in [0.1, 0.15) is 38.2 Å². The summed E-state index contributed by atoms with van der Waals surface area (Å²) in [6.45, 7) is 6.27. The zero-order valence-corrected chi connectivity index (χ0v) is 17.9. The topological polar surface area (TPSA) is 79.2 Å². The maximum Gasteiger partial charge on any atom is 0.282 e. The molecule has 29 heavy (non-hydrogen) atoms. The summed E-state index contributed by atoms with van der Waals surface area (Å²) in [6, 6.07) is 7.02. The highest BCUT2D eigenvalue weighted by Crippen LogP contribution is 2.40. The van der Waals surface area contributed by atoms with Crippen LogP contribution in [0.5, 0.6) is 5.75 Å². The quantitative estimate of drug-likeness (QED) is 0.625. The van der Waals surface area contributed by atoms with Crippen molar-refractivity contribution in [2.45, 2.75) is 63.2 Å². The molecule has 0 aliphatic carbocycles. The zero-order chi connectivity index (χ0) is 21.0.